The molecule has 3 amide bonds. The molecule has 9 heteroatoms. The molecular weight excluding hydrogens is 434 g/mol. The predicted octanol–water partition coefficient (Wildman–Crippen LogP) is 2.03. The van der Waals surface area contributed by atoms with Gasteiger partial charge in [-0.05, 0) is 26.7 Å². The molecule has 3 heterocycles. The number of carbonyl (C=O) groups is 3. The fraction of sp³-hybridized carbons (Fsp3) is 0.480. The number of piperazine rings is 1. The summed E-state index contributed by atoms with van der Waals surface area (Å²) in [6.07, 6.45) is 5.06. The van der Waals surface area contributed by atoms with E-state index >= 15 is 0 Å². The highest BCUT2D eigenvalue weighted by atomic mass is 16.5. The first-order valence-electron chi connectivity index (χ1n) is 11.8. The average molecular weight is 464 g/mol. The van der Waals surface area contributed by atoms with Crippen molar-refractivity contribution in [2.45, 2.75) is 39.3 Å². The molecule has 0 N–H and O–H groups in total. The molecule has 34 heavy (non-hydrogen) atoms. The van der Waals surface area contributed by atoms with Crippen LogP contribution in [0, 0.1) is 18.8 Å². The zero-order chi connectivity index (χ0) is 23.8. The molecule has 0 bridgehead atoms. The number of fused-ring (bicyclic) bond motifs is 1. The molecule has 0 radical (unpaired) electrons. The van der Waals surface area contributed by atoms with Gasteiger partial charge in [-0.15, -0.1) is 0 Å². The van der Waals surface area contributed by atoms with E-state index in [9.17, 15) is 14.4 Å². The molecule has 2 aromatic rings. The SMILES string of the molecule is Cc1ccc(-c2noc(CN3CCN(C(=O)C(C)N4C(=O)C5CC=CCC5C4=O)CC3)n2)cc1. The minimum Gasteiger partial charge on any atom is -0.338 e. The van der Waals surface area contributed by atoms with Crippen LogP contribution in [0.15, 0.2) is 40.9 Å². The molecular formula is C25H29N5O4. The largest absolute Gasteiger partial charge is 0.338 e. The van der Waals surface area contributed by atoms with E-state index in [4.69, 9.17) is 4.52 Å². The summed E-state index contributed by atoms with van der Waals surface area (Å²) in [5.74, 6) is -0.124. The highest BCUT2D eigenvalue weighted by Crippen LogP contribution is 2.36. The van der Waals surface area contributed by atoms with Crippen molar-refractivity contribution in [3.8, 4) is 11.4 Å². The molecule has 3 aliphatic rings. The second kappa shape index (κ2) is 9.13. The zero-order valence-electron chi connectivity index (χ0n) is 19.5. The van der Waals surface area contributed by atoms with Crippen LogP contribution in [0.1, 0.15) is 31.2 Å². The number of rotatable bonds is 5. The summed E-state index contributed by atoms with van der Waals surface area (Å²) in [4.78, 5) is 48.4. The van der Waals surface area contributed by atoms with Crippen LogP contribution in [0.3, 0.4) is 0 Å². The van der Waals surface area contributed by atoms with Crippen molar-refractivity contribution < 1.29 is 18.9 Å². The lowest BCUT2D eigenvalue weighted by molar-refractivity contribution is -0.151. The van der Waals surface area contributed by atoms with Crippen LogP contribution < -0.4 is 0 Å². The maximum absolute atomic E-state index is 13.1. The van der Waals surface area contributed by atoms with Gasteiger partial charge in [0.05, 0.1) is 18.4 Å². The smallest absolute Gasteiger partial charge is 0.245 e. The fourth-order valence-electron chi connectivity index (χ4n) is 5.04. The van der Waals surface area contributed by atoms with Crippen molar-refractivity contribution in [1.82, 2.24) is 24.8 Å². The van der Waals surface area contributed by atoms with Gasteiger partial charge in [-0.1, -0.05) is 47.1 Å². The van der Waals surface area contributed by atoms with E-state index in [0.29, 0.717) is 57.3 Å². The molecule has 2 saturated heterocycles. The molecule has 1 aromatic carbocycles. The number of aromatic nitrogens is 2. The van der Waals surface area contributed by atoms with Crippen molar-refractivity contribution in [2.75, 3.05) is 26.2 Å². The van der Waals surface area contributed by atoms with E-state index < -0.39 is 6.04 Å². The molecule has 2 fully saturated rings. The van der Waals surface area contributed by atoms with Gasteiger partial charge in [0.15, 0.2) is 0 Å². The van der Waals surface area contributed by atoms with Crippen LogP contribution in [0.4, 0.5) is 0 Å². The Bertz CT molecular complexity index is 1090. The Labute approximate surface area is 198 Å². The van der Waals surface area contributed by atoms with Crippen LogP contribution >= 0.6 is 0 Å². The highest BCUT2D eigenvalue weighted by molar-refractivity contribution is 6.08. The van der Waals surface area contributed by atoms with E-state index in [0.717, 1.165) is 5.56 Å². The van der Waals surface area contributed by atoms with Gasteiger partial charge in [-0.25, -0.2) is 0 Å². The standard InChI is InChI=1S/C25H29N5O4/c1-16-7-9-18(10-8-16)22-26-21(34-27-22)15-28-11-13-29(14-12-28)23(31)17(2)30-24(32)19-5-3-4-6-20(19)25(30)33/h3-4,7-10,17,19-20H,5-6,11-15H2,1-2H3. The second-order valence-electron chi connectivity index (χ2n) is 9.36. The first kappa shape index (κ1) is 22.5. The summed E-state index contributed by atoms with van der Waals surface area (Å²) in [6, 6.07) is 7.19. The summed E-state index contributed by atoms with van der Waals surface area (Å²) in [5.41, 5.74) is 2.08. The molecule has 9 nitrogen and oxygen atoms in total. The fourth-order valence-corrected chi connectivity index (χ4v) is 5.04. The summed E-state index contributed by atoms with van der Waals surface area (Å²) in [5, 5.41) is 4.09. The van der Waals surface area contributed by atoms with Crippen LogP contribution in [0.5, 0.6) is 0 Å². The molecule has 0 spiro atoms. The topological polar surface area (TPSA) is 99.9 Å². The Hall–Kier alpha value is -3.33. The maximum atomic E-state index is 13.1. The van der Waals surface area contributed by atoms with Crippen molar-refractivity contribution in [3.63, 3.8) is 0 Å². The lowest BCUT2D eigenvalue weighted by Crippen LogP contribution is -2.55. The Kier molecular flexibility index (Phi) is 6.03. The number of carbonyl (C=O) groups excluding carboxylic acids is 3. The average Bonchev–Trinajstić information content (AvgIpc) is 3.42. The molecule has 178 valence electrons. The predicted molar refractivity (Wildman–Crippen MR) is 123 cm³/mol. The van der Waals surface area contributed by atoms with Gasteiger partial charge in [0.25, 0.3) is 0 Å². The molecule has 0 saturated carbocycles. The Balaban J connectivity index is 1.15. The van der Waals surface area contributed by atoms with E-state index in [1.807, 2.05) is 43.3 Å². The summed E-state index contributed by atoms with van der Waals surface area (Å²) < 4.78 is 5.43. The van der Waals surface area contributed by atoms with Gasteiger partial charge in [0, 0.05) is 31.7 Å². The van der Waals surface area contributed by atoms with E-state index in [2.05, 4.69) is 15.0 Å². The van der Waals surface area contributed by atoms with Crippen molar-refractivity contribution >= 4 is 17.7 Å². The van der Waals surface area contributed by atoms with Crippen molar-refractivity contribution in [3.05, 3.63) is 47.9 Å². The zero-order valence-corrected chi connectivity index (χ0v) is 19.5. The Morgan fingerprint density at radius 2 is 1.65 bits per heavy atom. The number of benzene rings is 1. The molecule has 1 aliphatic carbocycles. The summed E-state index contributed by atoms with van der Waals surface area (Å²) >= 11 is 0. The van der Waals surface area contributed by atoms with Crippen LogP contribution in [-0.4, -0.2) is 74.8 Å². The lowest BCUT2D eigenvalue weighted by atomic mass is 9.85. The quantitative estimate of drug-likeness (QED) is 0.494. The number of hydrogen-bond acceptors (Lipinski definition) is 7. The minimum absolute atomic E-state index is 0.174. The highest BCUT2D eigenvalue weighted by Gasteiger charge is 2.50. The normalized spacial score (nSPS) is 23.9. The Morgan fingerprint density at radius 3 is 2.26 bits per heavy atom. The van der Waals surface area contributed by atoms with Crippen molar-refractivity contribution in [1.29, 1.82) is 0 Å². The number of likely N-dealkylation sites (tertiary alicyclic amines) is 1. The van der Waals surface area contributed by atoms with Gasteiger partial charge in [0.2, 0.25) is 29.4 Å². The lowest BCUT2D eigenvalue weighted by Gasteiger charge is -2.36. The number of nitrogens with zero attached hydrogens (tertiary/aromatic N) is 5. The molecule has 3 atom stereocenters. The van der Waals surface area contributed by atoms with Gasteiger partial charge in [0.1, 0.15) is 6.04 Å². The molecule has 5 rings (SSSR count). The van der Waals surface area contributed by atoms with Crippen LogP contribution in [0.2, 0.25) is 0 Å². The number of hydrogen-bond donors (Lipinski definition) is 0. The molecule has 2 aliphatic heterocycles. The van der Waals surface area contributed by atoms with E-state index in [-0.39, 0.29) is 29.6 Å². The third-order valence-corrected chi connectivity index (χ3v) is 7.11. The first-order valence-corrected chi connectivity index (χ1v) is 11.8. The Morgan fingerprint density at radius 1 is 1.03 bits per heavy atom. The van der Waals surface area contributed by atoms with Crippen LogP contribution in [-0.2, 0) is 20.9 Å². The number of aryl methyl sites for hydroxylation is 1. The van der Waals surface area contributed by atoms with Gasteiger partial charge < -0.3 is 9.42 Å². The number of amides is 3. The summed E-state index contributed by atoms with van der Waals surface area (Å²) in [7, 11) is 0. The van der Waals surface area contributed by atoms with Gasteiger partial charge in [-0.2, -0.15) is 4.98 Å². The maximum Gasteiger partial charge on any atom is 0.245 e. The monoisotopic (exact) mass is 463 g/mol. The molecule has 1 aromatic heterocycles. The summed E-state index contributed by atoms with van der Waals surface area (Å²) in [6.45, 7) is 6.55. The van der Waals surface area contributed by atoms with E-state index in [1.165, 1.54) is 10.5 Å². The van der Waals surface area contributed by atoms with Gasteiger partial charge >= 0.3 is 0 Å². The van der Waals surface area contributed by atoms with Crippen LogP contribution in [0.25, 0.3) is 11.4 Å². The minimum atomic E-state index is -0.773. The first-order chi connectivity index (χ1) is 16.4. The van der Waals surface area contributed by atoms with Crippen molar-refractivity contribution in [2.24, 2.45) is 11.8 Å². The van der Waals surface area contributed by atoms with E-state index in [1.54, 1.807) is 11.8 Å². The number of allylic oxidation sites excluding steroid dienone is 2. The molecule has 3 unspecified atom stereocenters. The number of imide groups is 1. The third kappa shape index (κ3) is 4.16. The third-order valence-electron chi connectivity index (χ3n) is 7.11. The van der Waals surface area contributed by atoms with Gasteiger partial charge in [-0.3, -0.25) is 24.2 Å². The second-order valence-corrected chi connectivity index (χ2v) is 9.36.